The van der Waals surface area contributed by atoms with Gasteiger partial charge in [-0.2, -0.15) is 0 Å². The van der Waals surface area contributed by atoms with Crippen LogP contribution in [0.5, 0.6) is 17.2 Å². The van der Waals surface area contributed by atoms with E-state index in [1.54, 1.807) is 45.7 Å². The number of nitrogens with one attached hydrogen (secondary N) is 2. The normalized spacial score (nSPS) is 12.9. The first kappa shape index (κ1) is 17.8. The van der Waals surface area contributed by atoms with Gasteiger partial charge in [0.15, 0.2) is 17.3 Å². The molecule has 4 rings (SSSR count). The first-order valence-electron chi connectivity index (χ1n) is 8.78. The molecule has 0 saturated carbocycles. The Morgan fingerprint density at radius 2 is 1.79 bits per heavy atom. The van der Waals surface area contributed by atoms with Gasteiger partial charge in [-0.05, 0) is 24.3 Å². The van der Waals surface area contributed by atoms with E-state index >= 15 is 0 Å². The third-order valence-corrected chi connectivity index (χ3v) is 4.66. The highest BCUT2D eigenvalue weighted by molar-refractivity contribution is 5.97. The highest BCUT2D eigenvalue weighted by Crippen LogP contribution is 2.40. The highest BCUT2D eigenvalue weighted by Gasteiger charge is 2.21. The summed E-state index contributed by atoms with van der Waals surface area (Å²) >= 11 is 0. The largest absolute Gasteiger partial charge is 0.493 e. The van der Waals surface area contributed by atoms with Crippen molar-refractivity contribution in [3.63, 3.8) is 0 Å². The summed E-state index contributed by atoms with van der Waals surface area (Å²) in [6.07, 6.45) is 2.45. The zero-order valence-corrected chi connectivity index (χ0v) is 15.8. The van der Waals surface area contributed by atoms with Crippen molar-refractivity contribution < 1.29 is 19.0 Å². The number of amides is 1. The molecule has 0 bridgehead atoms. The minimum atomic E-state index is -0.0670. The molecular formula is C20H20N4O4. The van der Waals surface area contributed by atoms with Gasteiger partial charge in [0.2, 0.25) is 5.75 Å². The molecule has 3 heterocycles. The number of methoxy groups -OCH3 is 3. The molecule has 1 aliphatic heterocycles. The molecule has 0 radical (unpaired) electrons. The van der Waals surface area contributed by atoms with E-state index in [0.29, 0.717) is 40.9 Å². The number of hydrogen-bond donors (Lipinski definition) is 2. The summed E-state index contributed by atoms with van der Waals surface area (Å²) in [6.45, 7) is 0.631. The maximum absolute atomic E-state index is 12.0. The number of carbonyl (C=O) groups is 1. The van der Waals surface area contributed by atoms with Crippen LogP contribution in [-0.2, 0) is 6.42 Å². The molecule has 3 aromatic rings. The second kappa shape index (κ2) is 7.22. The maximum Gasteiger partial charge on any atom is 0.253 e. The van der Waals surface area contributed by atoms with Crippen molar-refractivity contribution in [3.8, 4) is 40.0 Å². The molecule has 144 valence electrons. The van der Waals surface area contributed by atoms with E-state index in [0.717, 1.165) is 23.4 Å². The summed E-state index contributed by atoms with van der Waals surface area (Å²) in [5.74, 6) is 2.00. The van der Waals surface area contributed by atoms with E-state index in [-0.39, 0.29) is 5.91 Å². The minimum absolute atomic E-state index is 0.0670. The van der Waals surface area contributed by atoms with Crippen molar-refractivity contribution in [2.24, 2.45) is 0 Å². The Hall–Kier alpha value is -3.55. The van der Waals surface area contributed by atoms with Crippen molar-refractivity contribution in [1.29, 1.82) is 0 Å². The van der Waals surface area contributed by atoms with Crippen LogP contribution in [0.4, 0.5) is 0 Å². The monoisotopic (exact) mass is 380 g/mol. The molecule has 1 amide bonds. The van der Waals surface area contributed by atoms with Crippen LogP contribution in [0, 0.1) is 0 Å². The summed E-state index contributed by atoms with van der Waals surface area (Å²) in [5, 5.41) is 2.85. The van der Waals surface area contributed by atoms with Gasteiger partial charge in [0, 0.05) is 30.4 Å². The summed E-state index contributed by atoms with van der Waals surface area (Å²) in [6, 6.07) is 7.23. The average molecular weight is 380 g/mol. The van der Waals surface area contributed by atoms with Crippen LogP contribution >= 0.6 is 0 Å². The lowest BCUT2D eigenvalue weighted by atomic mass is 10.1. The molecule has 0 fully saturated rings. The lowest BCUT2D eigenvalue weighted by molar-refractivity contribution is 0.0946. The molecule has 1 aliphatic rings. The first-order chi connectivity index (χ1) is 13.6. The van der Waals surface area contributed by atoms with Gasteiger partial charge >= 0.3 is 0 Å². The van der Waals surface area contributed by atoms with Gasteiger partial charge in [0.05, 0.1) is 38.3 Å². The Morgan fingerprint density at radius 3 is 2.43 bits per heavy atom. The minimum Gasteiger partial charge on any atom is -0.493 e. The van der Waals surface area contributed by atoms with Crippen molar-refractivity contribution in [2.75, 3.05) is 27.9 Å². The summed E-state index contributed by atoms with van der Waals surface area (Å²) < 4.78 is 16.2. The van der Waals surface area contributed by atoms with Crippen molar-refractivity contribution in [2.45, 2.75) is 6.42 Å². The molecule has 8 nitrogen and oxygen atoms in total. The van der Waals surface area contributed by atoms with Gasteiger partial charge in [-0.3, -0.25) is 4.79 Å². The number of carbonyl (C=O) groups excluding carboxylic acids is 1. The van der Waals surface area contributed by atoms with Crippen molar-refractivity contribution >= 4 is 5.91 Å². The Kier molecular flexibility index (Phi) is 4.60. The lowest BCUT2D eigenvalue weighted by Crippen LogP contribution is -2.31. The SMILES string of the molecule is COc1cc(-c2nccc(-c3cc4c([nH]3)CCNC4=O)n2)cc(OC)c1OC. The zero-order valence-electron chi connectivity index (χ0n) is 15.8. The van der Waals surface area contributed by atoms with Crippen LogP contribution in [0.3, 0.4) is 0 Å². The van der Waals surface area contributed by atoms with Crippen LogP contribution in [0.1, 0.15) is 16.1 Å². The van der Waals surface area contributed by atoms with Crippen LogP contribution in [0.15, 0.2) is 30.5 Å². The molecule has 0 atom stereocenters. The van der Waals surface area contributed by atoms with Gasteiger partial charge in [-0.25, -0.2) is 9.97 Å². The van der Waals surface area contributed by atoms with Gasteiger partial charge < -0.3 is 24.5 Å². The predicted molar refractivity (Wildman–Crippen MR) is 103 cm³/mol. The van der Waals surface area contributed by atoms with E-state index in [4.69, 9.17) is 14.2 Å². The maximum atomic E-state index is 12.0. The zero-order chi connectivity index (χ0) is 19.7. The number of nitrogens with zero attached hydrogens (tertiary/aromatic N) is 2. The summed E-state index contributed by atoms with van der Waals surface area (Å²) in [4.78, 5) is 24.4. The van der Waals surface area contributed by atoms with Gasteiger partial charge in [0.25, 0.3) is 5.91 Å². The average Bonchev–Trinajstić information content (AvgIpc) is 3.18. The Balaban J connectivity index is 1.77. The number of hydrogen-bond acceptors (Lipinski definition) is 6. The fourth-order valence-corrected chi connectivity index (χ4v) is 3.29. The second-order valence-electron chi connectivity index (χ2n) is 6.26. The molecule has 28 heavy (non-hydrogen) atoms. The quantitative estimate of drug-likeness (QED) is 0.706. The molecule has 8 heteroatoms. The highest BCUT2D eigenvalue weighted by atomic mass is 16.5. The fourth-order valence-electron chi connectivity index (χ4n) is 3.29. The number of rotatable bonds is 5. The van der Waals surface area contributed by atoms with Crippen molar-refractivity contribution in [3.05, 3.63) is 41.7 Å². The number of benzene rings is 1. The number of ether oxygens (including phenoxy) is 3. The third-order valence-electron chi connectivity index (χ3n) is 4.66. The van der Waals surface area contributed by atoms with Crippen molar-refractivity contribution in [1.82, 2.24) is 20.3 Å². The summed E-state index contributed by atoms with van der Waals surface area (Å²) in [5.41, 5.74) is 3.78. The molecular weight excluding hydrogens is 360 g/mol. The predicted octanol–water partition coefficient (Wildman–Crippen LogP) is 2.45. The topological polar surface area (TPSA) is 98.4 Å². The molecule has 0 saturated heterocycles. The number of fused-ring (bicyclic) bond motifs is 1. The fraction of sp³-hybridized carbons (Fsp3) is 0.250. The number of aromatic amines is 1. The van der Waals surface area contributed by atoms with Gasteiger partial charge in [-0.15, -0.1) is 0 Å². The molecule has 0 spiro atoms. The number of aromatic nitrogens is 3. The van der Waals surface area contributed by atoms with E-state index < -0.39 is 0 Å². The number of H-pyrrole nitrogens is 1. The molecule has 2 N–H and O–H groups in total. The molecule has 1 aromatic carbocycles. The van der Waals surface area contributed by atoms with Crippen LogP contribution < -0.4 is 19.5 Å². The third kappa shape index (κ3) is 3.02. The van der Waals surface area contributed by atoms with Crippen LogP contribution in [-0.4, -0.2) is 48.7 Å². The Labute approximate surface area is 161 Å². The van der Waals surface area contributed by atoms with Gasteiger partial charge in [0.1, 0.15) is 0 Å². The Bertz CT molecular complexity index is 1020. The standard InChI is InChI=1S/C20H20N4O4/c1-26-16-8-11(9-17(27-2)18(16)28-3)19-21-6-5-14(24-19)15-10-12-13(23-15)4-7-22-20(12)25/h5-6,8-10,23H,4,7H2,1-3H3,(H,22,25). The van der Waals surface area contributed by atoms with E-state index in [2.05, 4.69) is 20.3 Å². The summed E-state index contributed by atoms with van der Waals surface area (Å²) in [7, 11) is 4.68. The van der Waals surface area contributed by atoms with Gasteiger partial charge in [-0.1, -0.05) is 0 Å². The Morgan fingerprint density at radius 1 is 1.04 bits per heavy atom. The van der Waals surface area contributed by atoms with E-state index in [9.17, 15) is 4.79 Å². The molecule has 2 aromatic heterocycles. The lowest BCUT2D eigenvalue weighted by Gasteiger charge is -2.13. The van der Waals surface area contributed by atoms with E-state index in [1.165, 1.54) is 0 Å². The van der Waals surface area contributed by atoms with E-state index in [1.807, 2.05) is 6.07 Å². The smallest absolute Gasteiger partial charge is 0.253 e. The van der Waals surface area contributed by atoms with Crippen LogP contribution in [0.2, 0.25) is 0 Å². The molecule has 0 aliphatic carbocycles. The first-order valence-corrected chi connectivity index (χ1v) is 8.78. The van der Waals surface area contributed by atoms with Crippen LogP contribution in [0.25, 0.3) is 22.8 Å². The molecule has 0 unspecified atom stereocenters. The second-order valence-corrected chi connectivity index (χ2v) is 6.26.